The van der Waals surface area contributed by atoms with E-state index in [4.69, 9.17) is 16.3 Å². The van der Waals surface area contributed by atoms with Crippen LogP contribution in [-0.4, -0.2) is 46.8 Å². The van der Waals surface area contributed by atoms with Crippen LogP contribution >= 0.6 is 11.6 Å². The van der Waals surface area contributed by atoms with Gasteiger partial charge in [0.2, 0.25) is 11.9 Å². The van der Waals surface area contributed by atoms with Crippen LogP contribution in [0.3, 0.4) is 0 Å². The minimum atomic E-state index is -0.697. The summed E-state index contributed by atoms with van der Waals surface area (Å²) in [6.07, 6.45) is 5.55. The molecule has 1 aromatic heterocycles. The first-order valence-electron chi connectivity index (χ1n) is 10.6. The van der Waals surface area contributed by atoms with Crippen molar-refractivity contribution in [3.05, 3.63) is 52.1 Å². The molecule has 1 saturated heterocycles. The summed E-state index contributed by atoms with van der Waals surface area (Å²) in [5.74, 6) is -0.460. The molecular weight excluding hydrogens is 423 g/mol. The highest BCUT2D eigenvalue weighted by molar-refractivity contribution is 6.30. The number of amides is 1. The maximum absolute atomic E-state index is 13.8. The fourth-order valence-corrected chi connectivity index (χ4v) is 4.18. The van der Waals surface area contributed by atoms with Gasteiger partial charge in [0.05, 0.1) is 17.7 Å². The van der Waals surface area contributed by atoms with Gasteiger partial charge in [-0.2, -0.15) is 0 Å². The maximum atomic E-state index is 13.8. The molecule has 1 aliphatic carbocycles. The van der Waals surface area contributed by atoms with Crippen molar-refractivity contribution in [1.82, 2.24) is 15.3 Å². The largest absolute Gasteiger partial charge is 0.394 e. The molecule has 2 aromatic rings. The van der Waals surface area contributed by atoms with Crippen molar-refractivity contribution in [2.45, 2.75) is 44.2 Å². The fourth-order valence-electron chi connectivity index (χ4n) is 4.06. The monoisotopic (exact) mass is 448 g/mol. The smallest absolute Gasteiger partial charge is 0.224 e. The summed E-state index contributed by atoms with van der Waals surface area (Å²) in [5.41, 5.74) is 2.40. The Morgan fingerprint density at radius 1 is 1.32 bits per heavy atom. The molecule has 1 fully saturated rings. The number of nitrogens with zero attached hydrogens (tertiary/aromatic N) is 2. The predicted octanol–water partition coefficient (Wildman–Crippen LogP) is 2.81. The van der Waals surface area contributed by atoms with E-state index < -0.39 is 11.9 Å². The Bertz CT molecular complexity index is 939. The third-order valence-electron chi connectivity index (χ3n) is 5.93. The van der Waals surface area contributed by atoms with Gasteiger partial charge in [0, 0.05) is 43.5 Å². The zero-order chi connectivity index (χ0) is 21.8. The summed E-state index contributed by atoms with van der Waals surface area (Å²) in [6, 6.07) is 3.85. The quantitative estimate of drug-likeness (QED) is 0.629. The summed E-state index contributed by atoms with van der Waals surface area (Å²) in [4.78, 5) is 22.0. The minimum Gasteiger partial charge on any atom is -0.394 e. The van der Waals surface area contributed by atoms with E-state index in [1.807, 2.05) is 6.20 Å². The zero-order valence-corrected chi connectivity index (χ0v) is 17.9. The van der Waals surface area contributed by atoms with Crippen LogP contribution in [0.1, 0.15) is 42.1 Å². The Labute approximate surface area is 185 Å². The molecule has 2 aliphatic rings. The molecule has 1 aromatic carbocycles. The first kappa shape index (κ1) is 21.9. The van der Waals surface area contributed by atoms with E-state index in [1.54, 1.807) is 6.07 Å². The number of aliphatic hydroxyl groups excluding tert-OH is 1. The Morgan fingerprint density at radius 2 is 2.13 bits per heavy atom. The van der Waals surface area contributed by atoms with Crippen LogP contribution in [0.15, 0.2) is 24.4 Å². The number of hydrogen-bond donors (Lipinski definition) is 3. The van der Waals surface area contributed by atoms with Crippen LogP contribution in [0, 0.1) is 11.7 Å². The first-order valence-corrected chi connectivity index (χ1v) is 11.0. The number of ether oxygens (including phenoxy) is 1. The lowest BCUT2D eigenvalue weighted by atomic mass is 9.86. The van der Waals surface area contributed by atoms with E-state index in [2.05, 4.69) is 20.6 Å². The molecule has 31 heavy (non-hydrogen) atoms. The molecule has 2 atom stereocenters. The second-order valence-corrected chi connectivity index (χ2v) is 8.46. The number of hydrogen-bond acceptors (Lipinski definition) is 6. The van der Waals surface area contributed by atoms with E-state index in [9.17, 15) is 14.3 Å². The normalized spacial score (nSPS) is 20.0. The van der Waals surface area contributed by atoms with E-state index >= 15 is 0 Å². The number of rotatable bonds is 6. The standard InChI is InChI=1S/C22H26ClFN4O3/c23-17-4-3-13(9-18(17)24)20(12-29)27-21(30)14-1-2-15-11-25-22(28-19(15)10-14)26-16-5-7-31-8-6-16/h3-4,9,11,14,16,20,29H,1-2,5-8,10,12H2,(H,27,30)(H,25,26,28)/t14-,20-/m1/s1. The average Bonchev–Trinajstić information content (AvgIpc) is 2.79. The lowest BCUT2D eigenvalue weighted by Crippen LogP contribution is -2.38. The Morgan fingerprint density at radius 3 is 2.87 bits per heavy atom. The van der Waals surface area contributed by atoms with Crippen LogP contribution in [0.2, 0.25) is 5.02 Å². The van der Waals surface area contributed by atoms with Crippen molar-refractivity contribution in [3.63, 3.8) is 0 Å². The summed E-state index contributed by atoms with van der Waals surface area (Å²) < 4.78 is 19.2. The molecule has 4 rings (SSSR count). The number of anilines is 1. The Balaban J connectivity index is 1.41. The first-order chi connectivity index (χ1) is 15.0. The van der Waals surface area contributed by atoms with Gasteiger partial charge < -0.3 is 20.5 Å². The van der Waals surface area contributed by atoms with Gasteiger partial charge in [0.25, 0.3) is 0 Å². The van der Waals surface area contributed by atoms with E-state index in [0.717, 1.165) is 37.3 Å². The Kier molecular flexibility index (Phi) is 6.99. The third kappa shape index (κ3) is 5.31. The number of aliphatic hydroxyl groups is 1. The number of fused-ring (bicyclic) bond motifs is 1. The molecule has 1 amide bonds. The Hall–Kier alpha value is -2.29. The van der Waals surface area contributed by atoms with Gasteiger partial charge in [-0.15, -0.1) is 0 Å². The molecule has 166 valence electrons. The summed E-state index contributed by atoms with van der Waals surface area (Å²) in [7, 11) is 0. The van der Waals surface area contributed by atoms with Gasteiger partial charge >= 0.3 is 0 Å². The van der Waals surface area contributed by atoms with Crippen molar-refractivity contribution in [2.24, 2.45) is 5.92 Å². The molecule has 3 N–H and O–H groups in total. The molecule has 0 radical (unpaired) electrons. The number of benzene rings is 1. The van der Waals surface area contributed by atoms with Crippen LogP contribution in [0.5, 0.6) is 0 Å². The minimum absolute atomic E-state index is 0.000467. The molecule has 1 aliphatic heterocycles. The SMILES string of the molecule is O=C(N[C@H](CO)c1ccc(Cl)c(F)c1)[C@@H]1CCc2cnc(NC3CCOCC3)nc2C1. The number of carbonyl (C=O) groups excluding carboxylic acids is 1. The summed E-state index contributed by atoms with van der Waals surface area (Å²) >= 11 is 5.73. The van der Waals surface area contributed by atoms with Gasteiger partial charge in [0.1, 0.15) is 5.82 Å². The van der Waals surface area contributed by atoms with Gasteiger partial charge in [-0.05, 0) is 48.9 Å². The number of nitrogens with one attached hydrogen (secondary N) is 2. The third-order valence-corrected chi connectivity index (χ3v) is 6.23. The predicted molar refractivity (Wildman–Crippen MR) is 114 cm³/mol. The lowest BCUT2D eigenvalue weighted by Gasteiger charge is -2.27. The van der Waals surface area contributed by atoms with Crippen molar-refractivity contribution in [1.29, 1.82) is 0 Å². The molecular formula is C22H26ClFN4O3. The van der Waals surface area contributed by atoms with Crippen LogP contribution in [-0.2, 0) is 22.4 Å². The van der Waals surface area contributed by atoms with Gasteiger partial charge in [0.15, 0.2) is 0 Å². The zero-order valence-electron chi connectivity index (χ0n) is 17.1. The lowest BCUT2D eigenvalue weighted by molar-refractivity contribution is -0.126. The highest BCUT2D eigenvalue weighted by atomic mass is 35.5. The fraction of sp³-hybridized carbons (Fsp3) is 0.500. The number of aromatic nitrogens is 2. The number of aryl methyl sites for hydroxylation is 1. The molecule has 0 unspecified atom stereocenters. The molecule has 0 saturated carbocycles. The van der Waals surface area contributed by atoms with Gasteiger partial charge in [-0.3, -0.25) is 4.79 Å². The van der Waals surface area contributed by atoms with Gasteiger partial charge in [-0.25, -0.2) is 14.4 Å². The second kappa shape index (κ2) is 9.89. The van der Waals surface area contributed by atoms with Crippen LogP contribution < -0.4 is 10.6 Å². The summed E-state index contributed by atoms with van der Waals surface area (Å²) in [6.45, 7) is 1.13. The number of halogens is 2. The van der Waals surface area contributed by atoms with Gasteiger partial charge in [-0.1, -0.05) is 17.7 Å². The van der Waals surface area contributed by atoms with Crippen molar-refractivity contribution < 1.29 is 19.0 Å². The highest BCUT2D eigenvalue weighted by Gasteiger charge is 2.28. The molecule has 7 nitrogen and oxygen atoms in total. The molecule has 9 heteroatoms. The summed E-state index contributed by atoms with van der Waals surface area (Å²) in [5, 5.41) is 15.9. The maximum Gasteiger partial charge on any atom is 0.224 e. The molecule has 0 spiro atoms. The van der Waals surface area contributed by atoms with Crippen molar-refractivity contribution in [2.75, 3.05) is 25.1 Å². The van der Waals surface area contributed by atoms with E-state index in [-0.39, 0.29) is 23.5 Å². The van der Waals surface area contributed by atoms with Crippen LogP contribution in [0.4, 0.5) is 10.3 Å². The highest BCUT2D eigenvalue weighted by Crippen LogP contribution is 2.27. The second-order valence-electron chi connectivity index (χ2n) is 8.05. The number of carbonyl (C=O) groups is 1. The van der Waals surface area contributed by atoms with Crippen LogP contribution in [0.25, 0.3) is 0 Å². The van der Waals surface area contributed by atoms with E-state index in [0.29, 0.717) is 36.8 Å². The molecule has 0 bridgehead atoms. The topological polar surface area (TPSA) is 96.4 Å². The average molecular weight is 449 g/mol. The molecule has 2 heterocycles. The van der Waals surface area contributed by atoms with Crippen molar-refractivity contribution >= 4 is 23.5 Å². The van der Waals surface area contributed by atoms with Crippen molar-refractivity contribution in [3.8, 4) is 0 Å². The van der Waals surface area contributed by atoms with E-state index in [1.165, 1.54) is 12.1 Å².